The zero-order valence-electron chi connectivity index (χ0n) is 12.0. The Balaban J connectivity index is 2.21. The molecule has 0 heterocycles. The molecule has 0 aromatic heterocycles. The molecule has 1 aliphatic rings. The van der Waals surface area contributed by atoms with Crippen LogP contribution in [0.25, 0.3) is 0 Å². The van der Waals surface area contributed by atoms with Crippen molar-refractivity contribution in [3.05, 3.63) is 35.4 Å². The predicted octanol–water partition coefficient (Wildman–Crippen LogP) is 3.25. The molecule has 0 bridgehead atoms. The molecular formula is C16H23NO2. The summed E-state index contributed by atoms with van der Waals surface area (Å²) in [5.41, 5.74) is 1.86. The Morgan fingerprint density at radius 1 is 1.37 bits per heavy atom. The van der Waals surface area contributed by atoms with Crippen molar-refractivity contribution in [2.24, 2.45) is 0 Å². The van der Waals surface area contributed by atoms with Crippen LogP contribution in [0.4, 0.5) is 0 Å². The summed E-state index contributed by atoms with van der Waals surface area (Å²) in [7, 11) is 0. The lowest BCUT2D eigenvalue weighted by Gasteiger charge is -2.34. The Bertz CT molecular complexity index is 464. The highest BCUT2D eigenvalue weighted by atomic mass is 16.4. The fourth-order valence-corrected chi connectivity index (χ4v) is 2.52. The average molecular weight is 261 g/mol. The van der Waals surface area contributed by atoms with Gasteiger partial charge in [0.1, 0.15) is 5.54 Å². The van der Waals surface area contributed by atoms with E-state index >= 15 is 0 Å². The first-order valence-corrected chi connectivity index (χ1v) is 7.03. The first-order chi connectivity index (χ1) is 8.96. The third-order valence-electron chi connectivity index (χ3n) is 4.13. The normalized spacial score (nSPS) is 15.8. The summed E-state index contributed by atoms with van der Waals surface area (Å²) in [5.74, 6) is -0.0684. The van der Waals surface area contributed by atoms with Gasteiger partial charge in [-0.25, -0.2) is 0 Å². The second-order valence-electron chi connectivity index (χ2n) is 5.85. The Hall–Kier alpha value is -1.35. The van der Waals surface area contributed by atoms with Crippen LogP contribution in [0.5, 0.6) is 0 Å². The number of carboxylic acids is 1. The van der Waals surface area contributed by atoms with Crippen molar-refractivity contribution < 1.29 is 9.90 Å². The van der Waals surface area contributed by atoms with Gasteiger partial charge in [-0.15, -0.1) is 0 Å². The van der Waals surface area contributed by atoms with E-state index in [-0.39, 0.29) is 0 Å². The summed E-state index contributed by atoms with van der Waals surface area (Å²) >= 11 is 0. The van der Waals surface area contributed by atoms with Gasteiger partial charge in [-0.2, -0.15) is 0 Å². The van der Waals surface area contributed by atoms with Crippen molar-refractivity contribution in [1.29, 1.82) is 0 Å². The zero-order valence-corrected chi connectivity index (χ0v) is 12.0. The minimum atomic E-state index is -0.828. The van der Waals surface area contributed by atoms with Gasteiger partial charge in [0, 0.05) is 6.54 Å². The predicted molar refractivity (Wildman–Crippen MR) is 76.2 cm³/mol. The number of rotatable bonds is 6. The summed E-state index contributed by atoms with van der Waals surface area (Å²) in [6.07, 6.45) is 2.54. The lowest BCUT2D eigenvalue weighted by molar-refractivity contribution is -0.149. The number of likely N-dealkylation sites (N-methyl/N-ethyl adjacent to an activating group) is 1. The van der Waals surface area contributed by atoms with E-state index < -0.39 is 11.5 Å². The van der Waals surface area contributed by atoms with Gasteiger partial charge in [0.15, 0.2) is 0 Å². The molecule has 1 fully saturated rings. The van der Waals surface area contributed by atoms with Crippen molar-refractivity contribution >= 4 is 5.97 Å². The van der Waals surface area contributed by atoms with E-state index in [1.165, 1.54) is 24.0 Å². The summed E-state index contributed by atoms with van der Waals surface area (Å²) in [5, 5.41) is 9.37. The van der Waals surface area contributed by atoms with Gasteiger partial charge in [0.25, 0.3) is 0 Å². The third-order valence-corrected chi connectivity index (χ3v) is 4.13. The maximum atomic E-state index is 11.4. The zero-order chi connectivity index (χ0) is 14.0. The molecule has 0 aliphatic heterocycles. The molecule has 3 heteroatoms. The summed E-state index contributed by atoms with van der Waals surface area (Å²) in [4.78, 5) is 13.4. The fourth-order valence-electron chi connectivity index (χ4n) is 2.52. The quantitative estimate of drug-likeness (QED) is 0.854. The van der Waals surface area contributed by atoms with Crippen LogP contribution < -0.4 is 0 Å². The van der Waals surface area contributed by atoms with Crippen molar-refractivity contribution in [3.63, 3.8) is 0 Å². The fraction of sp³-hybridized carbons (Fsp3) is 0.562. The first kappa shape index (κ1) is 14.1. The molecule has 19 heavy (non-hydrogen) atoms. The van der Waals surface area contributed by atoms with Crippen LogP contribution in [-0.4, -0.2) is 28.1 Å². The number of benzene rings is 1. The molecule has 1 saturated carbocycles. The molecule has 1 aromatic rings. The second kappa shape index (κ2) is 5.33. The van der Waals surface area contributed by atoms with Crippen LogP contribution >= 0.6 is 0 Å². The van der Waals surface area contributed by atoms with Gasteiger partial charge in [0.05, 0.1) is 0 Å². The first-order valence-electron chi connectivity index (χ1n) is 7.03. The molecule has 0 saturated heterocycles. The van der Waals surface area contributed by atoms with Crippen molar-refractivity contribution in [2.45, 2.75) is 51.6 Å². The minimum absolute atomic E-state index is 0.697. The Kier molecular flexibility index (Phi) is 3.95. The molecular weight excluding hydrogens is 238 g/mol. The molecule has 0 spiro atoms. The van der Waals surface area contributed by atoms with Crippen LogP contribution in [0.15, 0.2) is 24.3 Å². The van der Waals surface area contributed by atoms with E-state index in [4.69, 9.17) is 0 Å². The van der Waals surface area contributed by atoms with Crippen LogP contribution in [0.3, 0.4) is 0 Å². The molecule has 104 valence electrons. The Morgan fingerprint density at radius 2 is 2.00 bits per heavy atom. The Morgan fingerprint density at radius 3 is 2.53 bits per heavy atom. The number of aliphatic carboxylic acids is 1. The molecule has 0 amide bonds. The molecule has 0 atom stereocenters. The Labute approximate surface area is 115 Å². The van der Waals surface area contributed by atoms with Crippen molar-refractivity contribution in [3.8, 4) is 0 Å². The third kappa shape index (κ3) is 2.98. The maximum Gasteiger partial charge on any atom is 0.323 e. The lowest BCUT2D eigenvalue weighted by atomic mass is 9.98. The van der Waals surface area contributed by atoms with E-state index in [1.54, 1.807) is 13.8 Å². The highest BCUT2D eigenvalue weighted by Crippen LogP contribution is 2.42. The molecule has 0 radical (unpaired) electrons. The number of hydrogen-bond donors (Lipinski definition) is 1. The number of carboxylic acid groups (broad SMARTS) is 1. The standard InChI is InChI=1S/C16H23NO2/c1-4-17(16(2,3)15(18)19)11-13-7-5-6-8-14(13)12-9-10-12/h5-8,12H,4,9-11H2,1-3H3,(H,18,19). The van der Waals surface area contributed by atoms with Crippen molar-refractivity contribution in [1.82, 2.24) is 4.90 Å². The number of hydrogen-bond acceptors (Lipinski definition) is 2. The second-order valence-corrected chi connectivity index (χ2v) is 5.85. The van der Waals surface area contributed by atoms with Crippen molar-refractivity contribution in [2.75, 3.05) is 6.54 Å². The highest BCUT2D eigenvalue weighted by Gasteiger charge is 2.34. The molecule has 0 unspecified atom stereocenters. The molecule has 1 N–H and O–H groups in total. The monoisotopic (exact) mass is 261 g/mol. The van der Waals surface area contributed by atoms with Crippen LogP contribution in [-0.2, 0) is 11.3 Å². The smallest absolute Gasteiger partial charge is 0.323 e. The van der Waals surface area contributed by atoms with Gasteiger partial charge in [-0.05, 0) is 50.3 Å². The molecule has 2 rings (SSSR count). The number of carbonyl (C=O) groups is 1. The van der Waals surface area contributed by atoms with E-state index in [1.807, 2.05) is 17.9 Å². The number of nitrogens with zero attached hydrogens (tertiary/aromatic N) is 1. The summed E-state index contributed by atoms with van der Waals surface area (Å²) in [6, 6.07) is 8.45. The van der Waals surface area contributed by atoms with E-state index in [2.05, 4.69) is 18.2 Å². The van der Waals surface area contributed by atoms with Gasteiger partial charge < -0.3 is 5.11 Å². The van der Waals surface area contributed by atoms with Gasteiger partial charge in [0.2, 0.25) is 0 Å². The van der Waals surface area contributed by atoms with E-state index in [9.17, 15) is 9.90 Å². The SMILES string of the molecule is CCN(Cc1ccccc1C1CC1)C(C)(C)C(=O)O. The summed E-state index contributed by atoms with van der Waals surface area (Å²) in [6.45, 7) is 7.02. The minimum Gasteiger partial charge on any atom is -0.480 e. The average Bonchev–Trinajstić information content (AvgIpc) is 3.20. The van der Waals surface area contributed by atoms with Crippen LogP contribution in [0, 0.1) is 0 Å². The highest BCUT2D eigenvalue weighted by molar-refractivity contribution is 5.77. The van der Waals surface area contributed by atoms with Crippen LogP contribution in [0.1, 0.15) is 50.7 Å². The van der Waals surface area contributed by atoms with Gasteiger partial charge >= 0.3 is 5.97 Å². The molecule has 3 nitrogen and oxygen atoms in total. The topological polar surface area (TPSA) is 40.5 Å². The van der Waals surface area contributed by atoms with Gasteiger partial charge in [-0.1, -0.05) is 31.2 Å². The molecule has 1 aromatic carbocycles. The van der Waals surface area contributed by atoms with E-state index in [0.717, 1.165) is 6.54 Å². The largest absolute Gasteiger partial charge is 0.480 e. The summed E-state index contributed by atoms with van der Waals surface area (Å²) < 4.78 is 0. The molecule has 1 aliphatic carbocycles. The van der Waals surface area contributed by atoms with E-state index in [0.29, 0.717) is 12.5 Å². The van der Waals surface area contributed by atoms with Crippen LogP contribution in [0.2, 0.25) is 0 Å². The lowest BCUT2D eigenvalue weighted by Crippen LogP contribution is -2.49. The van der Waals surface area contributed by atoms with Gasteiger partial charge in [-0.3, -0.25) is 9.69 Å². The maximum absolute atomic E-state index is 11.4.